The molecule has 0 fully saturated rings. The molecule has 0 N–H and O–H groups in total. The quantitative estimate of drug-likeness (QED) is 0.661. The molecule has 0 saturated carbocycles. The second-order valence-electron chi connectivity index (χ2n) is 5.36. The second-order valence-corrected chi connectivity index (χ2v) is 5.80. The number of rotatable bonds is 2. The van der Waals surface area contributed by atoms with Crippen molar-refractivity contribution in [2.75, 3.05) is 0 Å². The van der Waals surface area contributed by atoms with Crippen LogP contribution in [0.2, 0.25) is 5.02 Å². The van der Waals surface area contributed by atoms with Crippen molar-refractivity contribution in [3.8, 4) is 16.9 Å². The first-order valence-electron chi connectivity index (χ1n) is 7.23. The van der Waals surface area contributed by atoms with E-state index in [-0.39, 0.29) is 5.75 Å². The van der Waals surface area contributed by atoms with Crippen LogP contribution in [0.4, 0.5) is 13.2 Å². The molecule has 0 amide bonds. The van der Waals surface area contributed by atoms with Crippen LogP contribution in [-0.2, 0) is 6.42 Å². The highest BCUT2D eigenvalue weighted by molar-refractivity contribution is 6.31. The van der Waals surface area contributed by atoms with Crippen molar-refractivity contribution in [1.82, 2.24) is 0 Å². The fourth-order valence-corrected chi connectivity index (χ4v) is 2.76. The monoisotopic (exact) mass is 338 g/mol. The van der Waals surface area contributed by atoms with Crippen LogP contribution in [0.5, 0.6) is 5.75 Å². The van der Waals surface area contributed by atoms with Crippen LogP contribution in [0, 0.1) is 0 Å². The minimum absolute atomic E-state index is 0.212. The summed E-state index contributed by atoms with van der Waals surface area (Å²) in [5, 5.41) is 0.456. The third-order valence-corrected chi connectivity index (χ3v) is 3.99. The lowest BCUT2D eigenvalue weighted by molar-refractivity contribution is -0.180. The van der Waals surface area contributed by atoms with Gasteiger partial charge in [-0.1, -0.05) is 48.9 Å². The zero-order valence-corrected chi connectivity index (χ0v) is 13.1. The van der Waals surface area contributed by atoms with Gasteiger partial charge in [-0.15, -0.1) is 0 Å². The largest absolute Gasteiger partial charge is 0.476 e. The van der Waals surface area contributed by atoms with Crippen molar-refractivity contribution in [3.05, 3.63) is 58.6 Å². The average molecular weight is 339 g/mol. The highest BCUT2D eigenvalue weighted by atomic mass is 35.5. The molecule has 2 aromatic carbocycles. The van der Waals surface area contributed by atoms with Gasteiger partial charge < -0.3 is 4.74 Å². The molecule has 2 aromatic rings. The fourth-order valence-electron chi connectivity index (χ4n) is 2.54. The summed E-state index contributed by atoms with van der Waals surface area (Å²) in [5.41, 5.74) is 3.04. The van der Waals surface area contributed by atoms with Gasteiger partial charge in [0.2, 0.25) is 6.10 Å². The summed E-state index contributed by atoms with van der Waals surface area (Å²) in [4.78, 5) is 0. The van der Waals surface area contributed by atoms with Crippen LogP contribution < -0.4 is 4.74 Å². The number of hydrogen-bond acceptors (Lipinski definition) is 1. The Morgan fingerprint density at radius 2 is 1.83 bits per heavy atom. The highest BCUT2D eigenvalue weighted by Crippen LogP contribution is 2.41. The zero-order chi connectivity index (χ0) is 16.6. The van der Waals surface area contributed by atoms with Gasteiger partial charge in [0.1, 0.15) is 5.75 Å². The highest BCUT2D eigenvalue weighted by Gasteiger charge is 2.42. The van der Waals surface area contributed by atoms with Crippen molar-refractivity contribution in [2.24, 2.45) is 0 Å². The maximum absolute atomic E-state index is 12.9. The number of benzene rings is 2. The Hall–Kier alpha value is -1.94. The molecule has 0 saturated heterocycles. The lowest BCUT2D eigenvalue weighted by atomic mass is 9.98. The molecule has 5 heteroatoms. The summed E-state index contributed by atoms with van der Waals surface area (Å²) >= 11 is 6.10. The van der Waals surface area contributed by atoms with E-state index in [4.69, 9.17) is 16.3 Å². The van der Waals surface area contributed by atoms with Crippen LogP contribution in [0.25, 0.3) is 17.2 Å². The standard InChI is InChI=1S/C18H14ClF3O/c1-2-11-3-5-12(6-4-11)15-10-14(19)9-13-7-8-16(18(20,21)22)23-17(13)15/h3-10,16H,2H2,1H3/t16-/m1/s1. The third-order valence-electron chi connectivity index (χ3n) is 3.77. The molecule has 0 radical (unpaired) electrons. The molecule has 1 heterocycles. The van der Waals surface area contributed by atoms with Crippen molar-refractivity contribution in [3.63, 3.8) is 0 Å². The predicted octanol–water partition coefficient (Wildman–Crippen LogP) is 5.91. The lowest BCUT2D eigenvalue weighted by Crippen LogP contribution is -2.34. The van der Waals surface area contributed by atoms with E-state index < -0.39 is 12.3 Å². The van der Waals surface area contributed by atoms with E-state index in [1.54, 1.807) is 12.1 Å². The molecular weight excluding hydrogens is 325 g/mol. The van der Waals surface area contributed by atoms with E-state index in [0.717, 1.165) is 23.6 Å². The minimum atomic E-state index is -4.45. The van der Waals surface area contributed by atoms with Crippen LogP contribution in [-0.4, -0.2) is 12.3 Å². The molecule has 23 heavy (non-hydrogen) atoms. The number of hydrogen-bond donors (Lipinski definition) is 0. The van der Waals surface area contributed by atoms with Crippen molar-refractivity contribution in [1.29, 1.82) is 0 Å². The van der Waals surface area contributed by atoms with E-state index in [9.17, 15) is 13.2 Å². The first-order chi connectivity index (χ1) is 10.9. The number of aryl methyl sites for hydroxylation is 1. The normalized spacial score (nSPS) is 16.8. The van der Waals surface area contributed by atoms with Gasteiger partial charge in [0.05, 0.1) is 0 Å². The third kappa shape index (κ3) is 3.22. The topological polar surface area (TPSA) is 9.23 Å². The molecular formula is C18H14ClF3O. The molecule has 1 nitrogen and oxygen atoms in total. The molecule has 0 spiro atoms. The number of halogens is 4. The first-order valence-corrected chi connectivity index (χ1v) is 7.60. The molecule has 0 aromatic heterocycles. The summed E-state index contributed by atoms with van der Waals surface area (Å²) in [5.74, 6) is 0.212. The van der Waals surface area contributed by atoms with Gasteiger partial charge in [-0.05, 0) is 35.8 Å². The van der Waals surface area contributed by atoms with Gasteiger partial charge >= 0.3 is 6.18 Å². The van der Waals surface area contributed by atoms with Crippen molar-refractivity contribution >= 4 is 17.7 Å². The molecule has 1 atom stereocenters. The second kappa shape index (κ2) is 5.93. The average Bonchev–Trinajstić information content (AvgIpc) is 2.53. The maximum Gasteiger partial charge on any atom is 0.429 e. The summed E-state index contributed by atoms with van der Waals surface area (Å²) < 4.78 is 44.1. The summed E-state index contributed by atoms with van der Waals surface area (Å²) in [6, 6.07) is 10.9. The van der Waals surface area contributed by atoms with Gasteiger partial charge in [-0.2, -0.15) is 13.2 Å². The summed E-state index contributed by atoms with van der Waals surface area (Å²) in [7, 11) is 0. The number of ether oxygens (including phenoxy) is 1. The van der Waals surface area contributed by atoms with E-state index >= 15 is 0 Å². The first kappa shape index (κ1) is 15.9. The fraction of sp³-hybridized carbons (Fsp3) is 0.222. The number of fused-ring (bicyclic) bond motifs is 1. The SMILES string of the molecule is CCc1ccc(-c2cc(Cl)cc3c2O[C@@H](C(F)(F)F)C=C3)cc1. The van der Waals surface area contributed by atoms with Crippen LogP contribution >= 0.6 is 11.6 Å². The Morgan fingerprint density at radius 3 is 2.43 bits per heavy atom. The Balaban J connectivity index is 2.08. The van der Waals surface area contributed by atoms with Gasteiger partial charge in [0.25, 0.3) is 0 Å². The lowest BCUT2D eigenvalue weighted by Gasteiger charge is -2.25. The van der Waals surface area contributed by atoms with Crippen LogP contribution in [0.3, 0.4) is 0 Å². The van der Waals surface area contributed by atoms with Crippen molar-refractivity contribution in [2.45, 2.75) is 25.6 Å². The molecule has 1 aliphatic heterocycles. The van der Waals surface area contributed by atoms with E-state index in [0.29, 0.717) is 16.1 Å². The van der Waals surface area contributed by atoms with E-state index in [2.05, 4.69) is 0 Å². The summed E-state index contributed by atoms with van der Waals surface area (Å²) in [6.07, 6.45) is -3.08. The van der Waals surface area contributed by atoms with Gasteiger partial charge in [-0.3, -0.25) is 0 Å². The molecule has 120 valence electrons. The van der Waals surface area contributed by atoms with E-state index in [1.807, 2.05) is 31.2 Å². The Bertz CT molecular complexity index is 748. The molecule has 0 bridgehead atoms. The van der Waals surface area contributed by atoms with Crippen LogP contribution in [0.1, 0.15) is 18.1 Å². The summed E-state index contributed by atoms with van der Waals surface area (Å²) in [6.45, 7) is 2.04. The molecule has 0 aliphatic carbocycles. The zero-order valence-electron chi connectivity index (χ0n) is 12.3. The van der Waals surface area contributed by atoms with Gasteiger partial charge in [0, 0.05) is 16.1 Å². The minimum Gasteiger partial charge on any atom is -0.476 e. The molecule has 0 unspecified atom stereocenters. The predicted molar refractivity (Wildman–Crippen MR) is 85.8 cm³/mol. The van der Waals surface area contributed by atoms with Crippen molar-refractivity contribution < 1.29 is 17.9 Å². The van der Waals surface area contributed by atoms with E-state index in [1.165, 1.54) is 6.08 Å². The Labute approximate surface area is 137 Å². The Morgan fingerprint density at radius 1 is 1.13 bits per heavy atom. The van der Waals surface area contributed by atoms with Gasteiger partial charge in [0.15, 0.2) is 0 Å². The molecule has 1 aliphatic rings. The smallest absolute Gasteiger partial charge is 0.429 e. The van der Waals surface area contributed by atoms with Crippen LogP contribution in [0.15, 0.2) is 42.5 Å². The Kier molecular flexibility index (Phi) is 4.11. The maximum atomic E-state index is 12.9. The molecule has 3 rings (SSSR count). The number of alkyl halides is 3. The van der Waals surface area contributed by atoms with Gasteiger partial charge in [-0.25, -0.2) is 0 Å².